The highest BCUT2D eigenvalue weighted by molar-refractivity contribution is 6.33. The van der Waals surface area contributed by atoms with E-state index in [1.807, 2.05) is 53.3 Å². The quantitative estimate of drug-likeness (QED) is 0.509. The van der Waals surface area contributed by atoms with Crippen LogP contribution in [0, 0.1) is 0 Å². The van der Waals surface area contributed by atoms with Gasteiger partial charge in [-0.15, -0.1) is 0 Å². The van der Waals surface area contributed by atoms with Gasteiger partial charge in [-0.2, -0.15) is 9.61 Å². The number of hydrogen-bond donors (Lipinski definition) is 1. The highest BCUT2D eigenvalue weighted by Crippen LogP contribution is 2.33. The Morgan fingerprint density at radius 2 is 1.86 bits per heavy atom. The summed E-state index contributed by atoms with van der Waals surface area (Å²) in [7, 11) is 0. The maximum Gasteiger partial charge on any atom is 0.165 e. The third-order valence-electron chi connectivity index (χ3n) is 4.60. The summed E-state index contributed by atoms with van der Waals surface area (Å²) in [6.07, 6.45) is 5.45. The van der Waals surface area contributed by atoms with Gasteiger partial charge >= 0.3 is 0 Å². The summed E-state index contributed by atoms with van der Waals surface area (Å²) < 4.78 is 1.84. The molecule has 0 atom stereocenters. The van der Waals surface area contributed by atoms with Gasteiger partial charge < -0.3 is 5.32 Å². The van der Waals surface area contributed by atoms with Crippen LogP contribution < -0.4 is 5.32 Å². The van der Waals surface area contributed by atoms with Crippen molar-refractivity contribution in [3.8, 4) is 11.1 Å². The van der Waals surface area contributed by atoms with Gasteiger partial charge in [-0.1, -0.05) is 56.6 Å². The van der Waals surface area contributed by atoms with Crippen molar-refractivity contribution in [1.29, 1.82) is 0 Å². The molecule has 0 radical (unpaired) electrons. The molecule has 1 aromatic carbocycles. The summed E-state index contributed by atoms with van der Waals surface area (Å²) in [6, 6.07) is 13.8. The Hall–Kier alpha value is -2.92. The number of anilines is 1. The van der Waals surface area contributed by atoms with Crippen LogP contribution in [0.5, 0.6) is 0 Å². The van der Waals surface area contributed by atoms with Crippen molar-refractivity contribution < 1.29 is 0 Å². The van der Waals surface area contributed by atoms with Crippen LogP contribution >= 0.6 is 11.6 Å². The molecule has 0 unspecified atom stereocenters. The van der Waals surface area contributed by atoms with Gasteiger partial charge in [0.1, 0.15) is 5.82 Å². The number of fused-ring (bicyclic) bond motifs is 1. The van der Waals surface area contributed by atoms with Crippen molar-refractivity contribution in [2.24, 2.45) is 0 Å². The van der Waals surface area contributed by atoms with Crippen molar-refractivity contribution in [3.63, 3.8) is 0 Å². The maximum absolute atomic E-state index is 6.44. The molecule has 0 saturated carbocycles. The van der Waals surface area contributed by atoms with E-state index < -0.39 is 0 Å². The van der Waals surface area contributed by atoms with Gasteiger partial charge in [-0.3, -0.25) is 4.98 Å². The molecule has 28 heavy (non-hydrogen) atoms. The Morgan fingerprint density at radius 1 is 1.04 bits per heavy atom. The van der Waals surface area contributed by atoms with E-state index in [1.165, 1.54) is 0 Å². The topological polar surface area (TPSA) is 55.1 Å². The monoisotopic (exact) mass is 391 g/mol. The van der Waals surface area contributed by atoms with Crippen LogP contribution in [0.1, 0.15) is 32.0 Å². The molecule has 0 amide bonds. The fourth-order valence-electron chi connectivity index (χ4n) is 3.04. The number of hydrogen-bond acceptors (Lipinski definition) is 4. The minimum Gasteiger partial charge on any atom is -0.366 e. The third-order valence-corrected chi connectivity index (χ3v) is 4.93. The van der Waals surface area contributed by atoms with Crippen LogP contribution in [0.25, 0.3) is 16.8 Å². The first kappa shape index (κ1) is 18.4. The van der Waals surface area contributed by atoms with Gasteiger partial charge in [-0.05, 0) is 17.7 Å². The van der Waals surface area contributed by atoms with Gasteiger partial charge in [0.05, 0.1) is 11.9 Å². The Labute approximate surface area is 169 Å². The van der Waals surface area contributed by atoms with E-state index in [-0.39, 0.29) is 5.41 Å². The molecule has 4 rings (SSSR count). The lowest BCUT2D eigenvalue weighted by Crippen LogP contribution is -2.16. The molecule has 4 aromatic rings. The van der Waals surface area contributed by atoms with Crippen LogP contribution in [-0.4, -0.2) is 19.6 Å². The van der Waals surface area contributed by atoms with Crippen molar-refractivity contribution in [1.82, 2.24) is 19.6 Å². The molecule has 0 saturated heterocycles. The second-order valence-electron chi connectivity index (χ2n) is 7.76. The molecule has 142 valence electrons. The number of pyridine rings is 1. The van der Waals surface area contributed by atoms with Crippen LogP contribution in [0.4, 0.5) is 5.82 Å². The Kier molecular flexibility index (Phi) is 4.77. The first-order chi connectivity index (χ1) is 13.4. The summed E-state index contributed by atoms with van der Waals surface area (Å²) in [6.45, 7) is 7.12. The Morgan fingerprint density at radius 3 is 2.57 bits per heavy atom. The lowest BCUT2D eigenvalue weighted by molar-refractivity contribution is 0.568. The Bertz CT molecular complexity index is 1110. The predicted octanol–water partition coefficient (Wildman–Crippen LogP) is 5.35. The van der Waals surface area contributed by atoms with Gasteiger partial charge in [-0.25, -0.2) is 4.98 Å². The fraction of sp³-hybridized carbons (Fsp3) is 0.227. The second-order valence-corrected chi connectivity index (χ2v) is 8.17. The molecule has 3 heterocycles. The summed E-state index contributed by atoms with van der Waals surface area (Å²) >= 11 is 6.44. The van der Waals surface area contributed by atoms with E-state index >= 15 is 0 Å². The lowest BCUT2D eigenvalue weighted by atomic mass is 9.92. The summed E-state index contributed by atoms with van der Waals surface area (Å²) in [4.78, 5) is 9.11. The first-order valence-electron chi connectivity index (χ1n) is 9.20. The van der Waals surface area contributed by atoms with E-state index in [4.69, 9.17) is 16.6 Å². The Balaban J connectivity index is 1.84. The van der Waals surface area contributed by atoms with Crippen LogP contribution in [0.2, 0.25) is 5.02 Å². The number of halogens is 1. The molecule has 0 bridgehead atoms. The number of benzene rings is 1. The SMILES string of the molecule is CC(C)(C)c1cc(NCc2cccnc2)n2ncc(-c3ccccc3Cl)c2n1. The average Bonchev–Trinajstić information content (AvgIpc) is 3.10. The lowest BCUT2D eigenvalue weighted by Gasteiger charge is -2.20. The highest BCUT2D eigenvalue weighted by Gasteiger charge is 2.21. The molecule has 6 heteroatoms. The van der Waals surface area contributed by atoms with E-state index in [9.17, 15) is 0 Å². The number of rotatable bonds is 4. The zero-order chi connectivity index (χ0) is 19.7. The van der Waals surface area contributed by atoms with E-state index in [2.05, 4.69) is 42.2 Å². The highest BCUT2D eigenvalue weighted by atomic mass is 35.5. The molecule has 3 aromatic heterocycles. The average molecular weight is 392 g/mol. The molecule has 0 fully saturated rings. The summed E-state index contributed by atoms with van der Waals surface area (Å²) in [5.74, 6) is 0.886. The molecule has 0 aliphatic heterocycles. The summed E-state index contributed by atoms with van der Waals surface area (Å²) in [5, 5.41) is 8.76. The number of nitrogens with zero attached hydrogens (tertiary/aromatic N) is 4. The van der Waals surface area contributed by atoms with Crippen molar-refractivity contribution in [2.75, 3.05) is 5.32 Å². The molecular weight excluding hydrogens is 370 g/mol. The maximum atomic E-state index is 6.44. The largest absolute Gasteiger partial charge is 0.366 e. The molecule has 1 N–H and O–H groups in total. The van der Waals surface area contributed by atoms with Gasteiger partial charge in [0.15, 0.2) is 5.65 Å². The fourth-order valence-corrected chi connectivity index (χ4v) is 3.28. The first-order valence-corrected chi connectivity index (χ1v) is 9.58. The minimum absolute atomic E-state index is 0.103. The molecule has 0 aliphatic carbocycles. The van der Waals surface area contributed by atoms with E-state index in [0.29, 0.717) is 11.6 Å². The standard InChI is InChI=1S/C22H22ClN5/c1-22(2,3)19-11-20(25-13-15-7-6-10-24-12-15)28-21(27-19)17(14-26-28)16-8-4-5-9-18(16)23/h4-12,14,25H,13H2,1-3H3. The smallest absolute Gasteiger partial charge is 0.165 e. The summed E-state index contributed by atoms with van der Waals surface area (Å²) in [5.41, 5.74) is 4.62. The molecule has 0 spiro atoms. The molecular formula is C22H22ClN5. The molecule has 5 nitrogen and oxygen atoms in total. The van der Waals surface area contributed by atoms with Crippen LogP contribution in [0.15, 0.2) is 61.1 Å². The van der Waals surface area contributed by atoms with E-state index in [1.54, 1.807) is 6.20 Å². The second kappa shape index (κ2) is 7.24. The van der Waals surface area contributed by atoms with Crippen LogP contribution in [0.3, 0.4) is 0 Å². The van der Waals surface area contributed by atoms with Gasteiger partial charge in [0.2, 0.25) is 0 Å². The minimum atomic E-state index is -0.103. The molecule has 0 aliphatic rings. The normalized spacial score (nSPS) is 11.7. The van der Waals surface area contributed by atoms with Crippen molar-refractivity contribution >= 4 is 23.1 Å². The number of nitrogens with one attached hydrogen (secondary N) is 1. The van der Waals surface area contributed by atoms with Gasteiger partial charge in [0, 0.05) is 46.6 Å². The number of aromatic nitrogens is 4. The van der Waals surface area contributed by atoms with Crippen molar-refractivity contribution in [3.05, 3.63) is 77.3 Å². The van der Waals surface area contributed by atoms with E-state index in [0.717, 1.165) is 33.8 Å². The zero-order valence-corrected chi connectivity index (χ0v) is 16.9. The third kappa shape index (κ3) is 3.58. The van der Waals surface area contributed by atoms with Crippen LogP contribution in [-0.2, 0) is 12.0 Å². The predicted molar refractivity (Wildman–Crippen MR) is 114 cm³/mol. The van der Waals surface area contributed by atoms with Gasteiger partial charge in [0.25, 0.3) is 0 Å². The van der Waals surface area contributed by atoms with Crippen molar-refractivity contribution in [2.45, 2.75) is 32.7 Å². The zero-order valence-electron chi connectivity index (χ0n) is 16.1.